The molecule has 0 amide bonds. The van der Waals surface area contributed by atoms with Gasteiger partial charge in [-0.1, -0.05) is 0 Å². The van der Waals surface area contributed by atoms with Crippen LogP contribution in [-0.2, 0) is 7.05 Å². The number of benzene rings is 2. The van der Waals surface area contributed by atoms with Gasteiger partial charge in [-0.25, -0.2) is 0 Å². The molecule has 2 aromatic carbocycles. The molecule has 0 unspecified atom stereocenters. The molecule has 0 bridgehead atoms. The number of ether oxygens (including phenoxy) is 2. The zero-order chi connectivity index (χ0) is 19.5. The normalized spacial score (nSPS) is 14.7. The number of phenolic OH excluding ortho intramolecular Hbond substituents is 2. The first-order valence-electron chi connectivity index (χ1n) is 8.45. The van der Waals surface area contributed by atoms with Gasteiger partial charge in [-0.15, -0.1) is 0 Å². The molecule has 0 radical (unpaired) electrons. The molecule has 1 aliphatic rings. The molecule has 138 valence electrons. The average Bonchev–Trinajstić information content (AvgIpc) is 3.04. The third kappa shape index (κ3) is 2.44. The molecule has 1 aliphatic heterocycles. The first-order valence-corrected chi connectivity index (χ1v) is 8.45. The van der Waals surface area contributed by atoms with Gasteiger partial charge in [0.05, 0.1) is 7.11 Å². The monoisotopic (exact) mass is 365 g/mol. The molecule has 2 N–H and O–H groups in total. The number of aromatic hydroxyl groups is 2. The molecule has 6 nitrogen and oxygen atoms in total. The first-order chi connectivity index (χ1) is 12.8. The highest BCUT2D eigenvalue weighted by molar-refractivity contribution is 6.17. The fourth-order valence-electron chi connectivity index (χ4n) is 3.53. The van der Waals surface area contributed by atoms with Crippen molar-refractivity contribution in [1.82, 2.24) is 4.57 Å². The van der Waals surface area contributed by atoms with Crippen LogP contribution in [0.15, 0.2) is 30.0 Å². The number of hydrogen-bond acceptors (Lipinski definition) is 5. The van der Waals surface area contributed by atoms with E-state index in [0.29, 0.717) is 0 Å². The predicted molar refractivity (Wildman–Crippen MR) is 102 cm³/mol. The molecule has 4 rings (SSSR count). The summed E-state index contributed by atoms with van der Waals surface area (Å²) in [6.45, 7) is 3.94. The molecular formula is C21H19NO5. The maximum Gasteiger partial charge on any atom is 0.235 e. The summed E-state index contributed by atoms with van der Waals surface area (Å²) in [5, 5.41) is 20.5. The third-order valence-corrected chi connectivity index (χ3v) is 5.07. The Bertz CT molecular complexity index is 1150. The lowest BCUT2D eigenvalue weighted by atomic mass is 10.0. The molecule has 0 saturated carbocycles. The van der Waals surface area contributed by atoms with Crippen molar-refractivity contribution in [3.05, 3.63) is 52.4 Å². The highest BCUT2D eigenvalue weighted by Gasteiger charge is 2.32. The number of aryl methyl sites for hydroxylation is 2. The lowest BCUT2D eigenvalue weighted by Gasteiger charge is -2.06. The van der Waals surface area contributed by atoms with Crippen LogP contribution >= 0.6 is 0 Å². The number of phenols is 2. The van der Waals surface area contributed by atoms with Crippen LogP contribution in [0.25, 0.3) is 17.0 Å². The summed E-state index contributed by atoms with van der Waals surface area (Å²) in [6, 6.07) is 6.43. The molecule has 0 fully saturated rings. The van der Waals surface area contributed by atoms with Crippen molar-refractivity contribution >= 4 is 22.8 Å². The summed E-state index contributed by atoms with van der Waals surface area (Å²) in [4.78, 5) is 12.7. The topological polar surface area (TPSA) is 80.9 Å². The smallest absolute Gasteiger partial charge is 0.235 e. The van der Waals surface area contributed by atoms with Crippen LogP contribution in [-0.4, -0.2) is 27.7 Å². The van der Waals surface area contributed by atoms with Crippen LogP contribution in [0.4, 0.5) is 0 Å². The quantitative estimate of drug-likeness (QED) is 0.675. The number of methoxy groups -OCH3 is 1. The van der Waals surface area contributed by atoms with E-state index < -0.39 is 5.78 Å². The number of carbonyl (C=O) groups is 1. The number of ketones is 1. The molecule has 0 aliphatic carbocycles. The molecule has 0 atom stereocenters. The van der Waals surface area contributed by atoms with Crippen molar-refractivity contribution in [3.8, 4) is 23.0 Å². The molecule has 0 spiro atoms. The zero-order valence-corrected chi connectivity index (χ0v) is 15.5. The Hall–Kier alpha value is -3.41. The van der Waals surface area contributed by atoms with Crippen molar-refractivity contribution in [1.29, 1.82) is 0 Å². The summed E-state index contributed by atoms with van der Waals surface area (Å²) in [5.74, 6) is 0.124. The minimum Gasteiger partial charge on any atom is -0.508 e. The van der Waals surface area contributed by atoms with Gasteiger partial charge in [0.25, 0.3) is 0 Å². The first kappa shape index (κ1) is 17.0. The summed E-state index contributed by atoms with van der Waals surface area (Å²) in [5.41, 5.74) is 3.90. The lowest BCUT2D eigenvalue weighted by molar-refractivity contribution is 0.101. The number of aromatic nitrogens is 1. The SMILES string of the molecule is COc1cc2c(C=C3Oc4cc(O)cc(O)c4C3=O)c(C)n(C)c2cc1C. The van der Waals surface area contributed by atoms with Crippen LogP contribution in [0.2, 0.25) is 0 Å². The highest BCUT2D eigenvalue weighted by atomic mass is 16.5. The fourth-order valence-corrected chi connectivity index (χ4v) is 3.53. The highest BCUT2D eigenvalue weighted by Crippen LogP contribution is 2.41. The third-order valence-electron chi connectivity index (χ3n) is 5.07. The van der Waals surface area contributed by atoms with Crippen LogP contribution < -0.4 is 9.47 Å². The van der Waals surface area contributed by atoms with Crippen molar-refractivity contribution in [3.63, 3.8) is 0 Å². The van der Waals surface area contributed by atoms with Crippen molar-refractivity contribution in [2.45, 2.75) is 13.8 Å². The lowest BCUT2D eigenvalue weighted by Crippen LogP contribution is -1.99. The Labute approximate surface area is 155 Å². The second-order valence-electron chi connectivity index (χ2n) is 6.67. The Kier molecular flexibility index (Phi) is 3.66. The molecular weight excluding hydrogens is 346 g/mol. The van der Waals surface area contributed by atoms with E-state index in [1.54, 1.807) is 13.2 Å². The number of allylic oxidation sites excluding steroid dienone is 1. The van der Waals surface area contributed by atoms with Gasteiger partial charge in [-0.2, -0.15) is 0 Å². The van der Waals surface area contributed by atoms with Gasteiger partial charge < -0.3 is 24.3 Å². The van der Waals surface area contributed by atoms with Gasteiger partial charge >= 0.3 is 0 Å². The van der Waals surface area contributed by atoms with Gasteiger partial charge in [0.15, 0.2) is 5.76 Å². The minimum absolute atomic E-state index is 0.0605. The minimum atomic E-state index is -0.419. The van der Waals surface area contributed by atoms with Gasteiger partial charge in [-0.05, 0) is 37.6 Å². The van der Waals surface area contributed by atoms with Crippen molar-refractivity contribution in [2.24, 2.45) is 7.05 Å². The van der Waals surface area contributed by atoms with Crippen LogP contribution in [0.1, 0.15) is 27.2 Å². The number of carbonyl (C=O) groups excluding carboxylic acids is 1. The molecule has 27 heavy (non-hydrogen) atoms. The number of hydrogen-bond donors (Lipinski definition) is 2. The standard InChI is InChI=1S/C21H19NO5/c1-10-5-15-14(9-17(10)26-4)13(11(2)22(15)3)8-19-21(25)20-16(24)6-12(23)7-18(20)27-19/h5-9,23-24H,1-4H3. The van der Waals surface area contributed by atoms with E-state index in [2.05, 4.69) is 0 Å². The van der Waals surface area contributed by atoms with Gasteiger partial charge in [0.2, 0.25) is 5.78 Å². The number of Topliss-reactive ketones (excluding diaryl/α,β-unsaturated/α-hetero) is 1. The summed E-state index contributed by atoms with van der Waals surface area (Å²) < 4.78 is 13.1. The van der Waals surface area contributed by atoms with Crippen LogP contribution in [0, 0.1) is 13.8 Å². The van der Waals surface area contributed by atoms with Crippen LogP contribution in [0.5, 0.6) is 23.0 Å². The molecule has 2 heterocycles. The second-order valence-corrected chi connectivity index (χ2v) is 6.67. The van der Waals surface area contributed by atoms with E-state index in [4.69, 9.17) is 9.47 Å². The Morgan fingerprint density at radius 2 is 1.89 bits per heavy atom. The van der Waals surface area contributed by atoms with E-state index in [9.17, 15) is 15.0 Å². The zero-order valence-electron chi connectivity index (χ0n) is 15.5. The van der Waals surface area contributed by atoms with E-state index >= 15 is 0 Å². The van der Waals surface area contributed by atoms with Gasteiger partial charge in [0, 0.05) is 41.3 Å². The average molecular weight is 365 g/mol. The van der Waals surface area contributed by atoms with Gasteiger partial charge in [-0.3, -0.25) is 4.79 Å². The number of fused-ring (bicyclic) bond motifs is 2. The van der Waals surface area contributed by atoms with Crippen molar-refractivity contribution in [2.75, 3.05) is 7.11 Å². The molecule has 0 saturated heterocycles. The maximum absolute atomic E-state index is 12.7. The van der Waals surface area contributed by atoms with E-state index in [0.717, 1.165) is 39.5 Å². The maximum atomic E-state index is 12.7. The summed E-state index contributed by atoms with van der Waals surface area (Å²) >= 11 is 0. The molecule has 1 aromatic heterocycles. The second kappa shape index (κ2) is 5.81. The summed E-state index contributed by atoms with van der Waals surface area (Å²) in [7, 11) is 3.58. The Balaban J connectivity index is 1.90. The summed E-state index contributed by atoms with van der Waals surface area (Å²) in [6.07, 6.45) is 1.67. The van der Waals surface area contributed by atoms with Crippen molar-refractivity contribution < 1.29 is 24.5 Å². The number of nitrogens with zero attached hydrogens (tertiary/aromatic N) is 1. The van der Waals surface area contributed by atoms with Crippen LogP contribution in [0.3, 0.4) is 0 Å². The Morgan fingerprint density at radius 3 is 2.59 bits per heavy atom. The molecule has 6 heteroatoms. The number of rotatable bonds is 2. The van der Waals surface area contributed by atoms with Gasteiger partial charge in [0.1, 0.15) is 28.6 Å². The van der Waals surface area contributed by atoms with E-state index in [-0.39, 0.29) is 28.6 Å². The Morgan fingerprint density at radius 1 is 1.15 bits per heavy atom. The predicted octanol–water partition coefficient (Wildman–Crippen LogP) is 3.83. The molecule has 3 aromatic rings. The fraction of sp³-hybridized carbons (Fsp3) is 0.190. The van der Waals surface area contributed by atoms with E-state index in [1.807, 2.05) is 37.6 Å². The van der Waals surface area contributed by atoms with E-state index in [1.165, 1.54) is 6.07 Å². The largest absolute Gasteiger partial charge is 0.508 e.